The number of benzene rings is 1. The third kappa shape index (κ3) is 7.38. The highest BCUT2D eigenvalue weighted by atomic mass is 16.5. The average Bonchev–Trinajstić information content (AvgIpc) is 2.66. The molecule has 5 heteroatoms. The molecule has 1 rings (SSSR count). The molecule has 0 N–H and O–H groups in total. The molecule has 0 aromatic heterocycles. The molecule has 0 aliphatic rings. The van der Waals surface area contributed by atoms with Crippen LogP contribution in [-0.4, -0.2) is 32.4 Å². The van der Waals surface area contributed by atoms with Crippen LogP contribution in [0.15, 0.2) is 18.2 Å². The van der Waals surface area contributed by atoms with Crippen LogP contribution < -0.4 is 14.2 Å². The SMILES string of the molecule is CCCOC(=O)C=Cc1c(OCCC)ccc(OCCC)c1OCCC. The Morgan fingerprint density at radius 1 is 0.808 bits per heavy atom. The number of ether oxygens (including phenoxy) is 4. The summed E-state index contributed by atoms with van der Waals surface area (Å²) in [5, 5.41) is 0. The molecule has 0 spiro atoms. The smallest absolute Gasteiger partial charge is 0.330 e. The highest BCUT2D eigenvalue weighted by molar-refractivity contribution is 5.88. The molecule has 0 aliphatic carbocycles. The molecule has 1 aromatic rings. The number of hydrogen-bond acceptors (Lipinski definition) is 5. The second kappa shape index (κ2) is 13.1. The van der Waals surface area contributed by atoms with Gasteiger partial charge in [-0.25, -0.2) is 4.79 Å². The molecule has 0 bridgehead atoms. The van der Waals surface area contributed by atoms with Gasteiger partial charge < -0.3 is 18.9 Å². The van der Waals surface area contributed by atoms with Gasteiger partial charge in [0.2, 0.25) is 0 Å². The van der Waals surface area contributed by atoms with Crippen molar-refractivity contribution < 1.29 is 23.7 Å². The van der Waals surface area contributed by atoms with E-state index in [-0.39, 0.29) is 5.97 Å². The quantitative estimate of drug-likeness (QED) is 0.363. The van der Waals surface area contributed by atoms with Gasteiger partial charge in [-0.2, -0.15) is 0 Å². The van der Waals surface area contributed by atoms with Crippen molar-refractivity contribution in [2.24, 2.45) is 0 Å². The van der Waals surface area contributed by atoms with E-state index in [2.05, 4.69) is 6.92 Å². The summed E-state index contributed by atoms with van der Waals surface area (Å²) in [5.41, 5.74) is 0.703. The second-order valence-corrected chi connectivity index (χ2v) is 5.85. The molecule has 0 saturated heterocycles. The van der Waals surface area contributed by atoms with Crippen LogP contribution in [0.3, 0.4) is 0 Å². The average molecular weight is 364 g/mol. The zero-order valence-corrected chi connectivity index (χ0v) is 16.5. The largest absolute Gasteiger partial charge is 0.493 e. The second-order valence-electron chi connectivity index (χ2n) is 5.85. The molecular weight excluding hydrogens is 332 g/mol. The first-order valence-electron chi connectivity index (χ1n) is 9.58. The van der Waals surface area contributed by atoms with Crippen molar-refractivity contribution in [3.05, 3.63) is 23.8 Å². The van der Waals surface area contributed by atoms with Crippen LogP contribution in [-0.2, 0) is 9.53 Å². The van der Waals surface area contributed by atoms with E-state index in [0.29, 0.717) is 49.2 Å². The first-order chi connectivity index (χ1) is 12.7. The Balaban J connectivity index is 3.21. The lowest BCUT2D eigenvalue weighted by Gasteiger charge is -2.18. The fourth-order valence-corrected chi connectivity index (χ4v) is 2.14. The van der Waals surface area contributed by atoms with Gasteiger partial charge in [0.05, 0.1) is 32.0 Å². The number of carbonyl (C=O) groups excluding carboxylic acids is 1. The van der Waals surface area contributed by atoms with Gasteiger partial charge in [-0.15, -0.1) is 0 Å². The molecule has 0 radical (unpaired) electrons. The molecule has 0 atom stereocenters. The number of carbonyl (C=O) groups is 1. The van der Waals surface area contributed by atoms with E-state index < -0.39 is 0 Å². The van der Waals surface area contributed by atoms with E-state index >= 15 is 0 Å². The molecule has 146 valence electrons. The van der Waals surface area contributed by atoms with Crippen LogP contribution in [0, 0.1) is 0 Å². The van der Waals surface area contributed by atoms with Crippen molar-refractivity contribution in [1.29, 1.82) is 0 Å². The zero-order chi connectivity index (χ0) is 19.2. The van der Waals surface area contributed by atoms with Crippen molar-refractivity contribution in [2.45, 2.75) is 53.4 Å². The van der Waals surface area contributed by atoms with Gasteiger partial charge in [0.25, 0.3) is 0 Å². The van der Waals surface area contributed by atoms with Crippen molar-refractivity contribution in [3.8, 4) is 17.2 Å². The summed E-state index contributed by atoms with van der Waals surface area (Å²) in [6.45, 7) is 10.2. The van der Waals surface area contributed by atoms with Gasteiger partial charge in [-0.1, -0.05) is 27.7 Å². The monoisotopic (exact) mass is 364 g/mol. The minimum Gasteiger partial charge on any atom is -0.493 e. The maximum absolute atomic E-state index is 11.9. The van der Waals surface area contributed by atoms with Crippen LogP contribution in [0.25, 0.3) is 6.08 Å². The van der Waals surface area contributed by atoms with Gasteiger partial charge >= 0.3 is 5.97 Å². The predicted molar refractivity (Wildman–Crippen MR) is 104 cm³/mol. The zero-order valence-electron chi connectivity index (χ0n) is 16.5. The minimum atomic E-state index is -0.380. The molecule has 0 amide bonds. The Morgan fingerprint density at radius 3 is 1.96 bits per heavy atom. The van der Waals surface area contributed by atoms with Crippen molar-refractivity contribution in [2.75, 3.05) is 26.4 Å². The van der Waals surface area contributed by atoms with Crippen LogP contribution in [0.1, 0.15) is 58.9 Å². The van der Waals surface area contributed by atoms with E-state index in [1.807, 2.05) is 32.9 Å². The minimum absolute atomic E-state index is 0.380. The molecule has 0 aliphatic heterocycles. The third-order valence-electron chi connectivity index (χ3n) is 3.33. The third-order valence-corrected chi connectivity index (χ3v) is 3.33. The molecule has 0 fully saturated rings. The molecule has 5 nitrogen and oxygen atoms in total. The van der Waals surface area contributed by atoms with Crippen LogP contribution in [0.4, 0.5) is 0 Å². The standard InChI is InChI=1S/C21H32O5/c1-5-13-23-18-10-11-19(24-14-6-2)21(26-16-8-4)17(18)9-12-20(22)25-15-7-3/h9-12H,5-8,13-16H2,1-4H3. The Labute approximate surface area is 157 Å². The summed E-state index contributed by atoms with van der Waals surface area (Å²) < 4.78 is 22.7. The predicted octanol–water partition coefficient (Wildman–Crippen LogP) is 5.02. The van der Waals surface area contributed by atoms with Crippen molar-refractivity contribution in [1.82, 2.24) is 0 Å². The summed E-state index contributed by atoms with van der Waals surface area (Å²) >= 11 is 0. The lowest BCUT2D eigenvalue weighted by atomic mass is 10.1. The van der Waals surface area contributed by atoms with Crippen molar-refractivity contribution >= 4 is 12.0 Å². The summed E-state index contributed by atoms with van der Waals surface area (Å²) in [7, 11) is 0. The molecule has 0 heterocycles. The molecule has 0 unspecified atom stereocenters. The number of rotatable bonds is 13. The lowest BCUT2D eigenvalue weighted by molar-refractivity contribution is -0.137. The lowest BCUT2D eigenvalue weighted by Crippen LogP contribution is -2.06. The first kappa shape index (κ1) is 21.9. The highest BCUT2D eigenvalue weighted by Crippen LogP contribution is 2.39. The molecule has 26 heavy (non-hydrogen) atoms. The van der Waals surface area contributed by atoms with Gasteiger partial charge in [0, 0.05) is 6.08 Å². The summed E-state index contributed by atoms with van der Waals surface area (Å²) in [5.74, 6) is 1.55. The Morgan fingerprint density at radius 2 is 1.35 bits per heavy atom. The van der Waals surface area contributed by atoms with E-state index in [1.165, 1.54) is 6.08 Å². The van der Waals surface area contributed by atoms with Crippen LogP contribution >= 0.6 is 0 Å². The maximum atomic E-state index is 11.9. The molecule has 1 aromatic carbocycles. The van der Waals surface area contributed by atoms with E-state index in [1.54, 1.807) is 6.08 Å². The van der Waals surface area contributed by atoms with Gasteiger partial charge in [0.15, 0.2) is 11.5 Å². The first-order valence-corrected chi connectivity index (χ1v) is 9.58. The Hall–Kier alpha value is -2.17. The maximum Gasteiger partial charge on any atom is 0.330 e. The number of esters is 1. The van der Waals surface area contributed by atoms with Gasteiger partial charge in [0.1, 0.15) is 5.75 Å². The van der Waals surface area contributed by atoms with E-state index in [0.717, 1.165) is 25.7 Å². The van der Waals surface area contributed by atoms with Gasteiger partial charge in [-0.05, 0) is 43.9 Å². The Kier molecular flexibility index (Phi) is 11.0. The molecule has 0 saturated carbocycles. The fourth-order valence-electron chi connectivity index (χ4n) is 2.14. The summed E-state index contributed by atoms with van der Waals surface area (Å²) in [6.07, 6.45) is 6.54. The normalized spacial score (nSPS) is 10.8. The Bertz CT molecular complexity index is 566. The number of hydrogen-bond donors (Lipinski definition) is 0. The molecular formula is C21H32O5. The van der Waals surface area contributed by atoms with Crippen molar-refractivity contribution in [3.63, 3.8) is 0 Å². The van der Waals surface area contributed by atoms with Crippen LogP contribution in [0.5, 0.6) is 17.2 Å². The van der Waals surface area contributed by atoms with E-state index in [9.17, 15) is 4.79 Å². The fraction of sp³-hybridized carbons (Fsp3) is 0.571. The van der Waals surface area contributed by atoms with Crippen LogP contribution in [0.2, 0.25) is 0 Å². The highest BCUT2D eigenvalue weighted by Gasteiger charge is 2.16. The topological polar surface area (TPSA) is 54.0 Å². The summed E-state index contributed by atoms with van der Waals surface area (Å²) in [6, 6.07) is 3.72. The van der Waals surface area contributed by atoms with E-state index in [4.69, 9.17) is 18.9 Å². The summed E-state index contributed by atoms with van der Waals surface area (Å²) in [4.78, 5) is 11.9. The van der Waals surface area contributed by atoms with Gasteiger partial charge in [-0.3, -0.25) is 0 Å².